The molecule has 0 aromatic heterocycles. The summed E-state index contributed by atoms with van der Waals surface area (Å²) in [6.45, 7) is 10.5. The molecular formula is C17H29N3O2. The zero-order valence-electron chi connectivity index (χ0n) is 14.2. The molecule has 0 bridgehead atoms. The highest BCUT2D eigenvalue weighted by Gasteiger charge is 2.48. The number of carbonyl (C=O) groups excluding carboxylic acids is 2. The van der Waals surface area contributed by atoms with Gasteiger partial charge in [0.05, 0.1) is 12.5 Å². The normalized spacial score (nSPS) is 28.9. The molecule has 2 N–H and O–H groups in total. The molecule has 0 unspecified atom stereocenters. The van der Waals surface area contributed by atoms with E-state index < -0.39 is 0 Å². The van der Waals surface area contributed by atoms with Crippen LogP contribution >= 0.6 is 0 Å². The summed E-state index contributed by atoms with van der Waals surface area (Å²) >= 11 is 0. The molecule has 2 rings (SSSR count). The number of nitrogens with two attached hydrogens (primary N) is 1. The SMILES string of the molecule is CC(C)=CCN1CC(=O)N2[C@H](C[C@@H](C(N)=O)[C@H]2CC(C)C)C1. The van der Waals surface area contributed by atoms with E-state index in [2.05, 4.69) is 38.7 Å². The molecule has 22 heavy (non-hydrogen) atoms. The summed E-state index contributed by atoms with van der Waals surface area (Å²) in [6, 6.07) is 0.119. The lowest BCUT2D eigenvalue weighted by atomic mass is 9.91. The number of hydrogen-bond acceptors (Lipinski definition) is 3. The van der Waals surface area contributed by atoms with Crippen LogP contribution in [0.2, 0.25) is 0 Å². The summed E-state index contributed by atoms with van der Waals surface area (Å²) < 4.78 is 0. The number of carbonyl (C=O) groups is 2. The average molecular weight is 307 g/mol. The Hall–Kier alpha value is -1.36. The number of nitrogens with zero attached hydrogens (tertiary/aromatic N) is 2. The van der Waals surface area contributed by atoms with Gasteiger partial charge in [-0.3, -0.25) is 14.5 Å². The fourth-order valence-electron chi connectivity index (χ4n) is 3.73. The van der Waals surface area contributed by atoms with Gasteiger partial charge in [0, 0.05) is 25.2 Å². The van der Waals surface area contributed by atoms with E-state index in [1.807, 2.05) is 4.90 Å². The smallest absolute Gasteiger partial charge is 0.237 e. The van der Waals surface area contributed by atoms with E-state index in [9.17, 15) is 9.59 Å². The summed E-state index contributed by atoms with van der Waals surface area (Å²) in [5, 5.41) is 0. The summed E-state index contributed by atoms with van der Waals surface area (Å²) in [6.07, 6.45) is 3.71. The highest BCUT2D eigenvalue weighted by Crippen LogP contribution is 2.36. The molecule has 0 aromatic carbocycles. The van der Waals surface area contributed by atoms with Gasteiger partial charge in [0.25, 0.3) is 0 Å². The number of rotatable bonds is 5. The van der Waals surface area contributed by atoms with Gasteiger partial charge in [0.1, 0.15) is 0 Å². The van der Waals surface area contributed by atoms with E-state index in [0.717, 1.165) is 19.5 Å². The van der Waals surface area contributed by atoms with Gasteiger partial charge in [-0.1, -0.05) is 25.5 Å². The summed E-state index contributed by atoms with van der Waals surface area (Å²) in [7, 11) is 0. The minimum absolute atomic E-state index is 0.0133. The van der Waals surface area contributed by atoms with E-state index >= 15 is 0 Å². The molecule has 0 aliphatic carbocycles. The molecule has 2 heterocycles. The lowest BCUT2D eigenvalue weighted by Gasteiger charge is -2.40. The van der Waals surface area contributed by atoms with E-state index in [-0.39, 0.29) is 29.8 Å². The van der Waals surface area contributed by atoms with Crippen molar-refractivity contribution in [2.24, 2.45) is 17.6 Å². The fourth-order valence-corrected chi connectivity index (χ4v) is 3.73. The quantitative estimate of drug-likeness (QED) is 0.780. The Morgan fingerprint density at radius 1 is 1.41 bits per heavy atom. The average Bonchev–Trinajstić information content (AvgIpc) is 2.75. The van der Waals surface area contributed by atoms with Gasteiger partial charge >= 0.3 is 0 Å². The highest BCUT2D eigenvalue weighted by molar-refractivity contribution is 5.84. The first-order chi connectivity index (χ1) is 10.3. The summed E-state index contributed by atoms with van der Waals surface area (Å²) in [5.41, 5.74) is 6.85. The van der Waals surface area contributed by atoms with E-state index in [1.54, 1.807) is 0 Å². The Morgan fingerprint density at radius 2 is 2.09 bits per heavy atom. The maximum absolute atomic E-state index is 12.6. The Balaban J connectivity index is 2.13. The lowest BCUT2D eigenvalue weighted by Crippen LogP contribution is -2.56. The standard InChI is InChI=1S/C17H29N3O2/c1-11(2)5-6-19-9-13-8-14(17(18)22)15(7-12(3)4)20(13)16(21)10-19/h5,12-15H,6-10H2,1-4H3,(H2,18,22)/t13-,14-,15-/m1/s1. The van der Waals surface area contributed by atoms with Crippen LogP contribution in [0.1, 0.15) is 40.5 Å². The third-order valence-corrected chi connectivity index (χ3v) is 4.69. The van der Waals surface area contributed by atoms with E-state index in [4.69, 9.17) is 5.73 Å². The topological polar surface area (TPSA) is 66.6 Å². The van der Waals surface area contributed by atoms with Crippen molar-refractivity contribution in [2.45, 2.75) is 52.6 Å². The Morgan fingerprint density at radius 3 is 2.64 bits per heavy atom. The number of piperazine rings is 1. The van der Waals surface area contributed by atoms with Gasteiger partial charge in [0.15, 0.2) is 0 Å². The minimum atomic E-state index is -0.260. The van der Waals surface area contributed by atoms with Crippen LogP contribution in [-0.2, 0) is 9.59 Å². The van der Waals surface area contributed by atoms with Crippen molar-refractivity contribution in [3.63, 3.8) is 0 Å². The maximum Gasteiger partial charge on any atom is 0.237 e. The highest BCUT2D eigenvalue weighted by atomic mass is 16.2. The van der Waals surface area contributed by atoms with Gasteiger partial charge in [-0.2, -0.15) is 0 Å². The summed E-state index contributed by atoms with van der Waals surface area (Å²) in [5.74, 6) is 0.137. The van der Waals surface area contributed by atoms with Crippen molar-refractivity contribution in [1.82, 2.24) is 9.80 Å². The maximum atomic E-state index is 12.6. The van der Waals surface area contributed by atoms with Crippen LogP contribution in [0.25, 0.3) is 0 Å². The summed E-state index contributed by atoms with van der Waals surface area (Å²) in [4.78, 5) is 28.5. The molecule has 2 aliphatic heterocycles. The monoisotopic (exact) mass is 307 g/mol. The number of fused-ring (bicyclic) bond motifs is 1. The molecule has 5 heteroatoms. The van der Waals surface area contributed by atoms with Crippen molar-refractivity contribution in [1.29, 1.82) is 0 Å². The van der Waals surface area contributed by atoms with Crippen LogP contribution in [0.15, 0.2) is 11.6 Å². The van der Waals surface area contributed by atoms with E-state index in [1.165, 1.54) is 5.57 Å². The van der Waals surface area contributed by atoms with E-state index in [0.29, 0.717) is 18.9 Å². The van der Waals surface area contributed by atoms with Crippen molar-refractivity contribution in [2.75, 3.05) is 19.6 Å². The Bertz CT molecular complexity index is 469. The number of amides is 2. The van der Waals surface area contributed by atoms with Gasteiger partial charge in [0.2, 0.25) is 11.8 Å². The zero-order chi connectivity index (χ0) is 16.4. The largest absolute Gasteiger partial charge is 0.369 e. The molecule has 124 valence electrons. The fraction of sp³-hybridized carbons (Fsp3) is 0.765. The van der Waals surface area contributed by atoms with Crippen LogP contribution in [0, 0.1) is 11.8 Å². The predicted octanol–water partition coefficient (Wildman–Crippen LogP) is 1.39. The third-order valence-electron chi connectivity index (χ3n) is 4.69. The molecule has 2 aliphatic rings. The number of hydrogen-bond donors (Lipinski definition) is 1. The molecular weight excluding hydrogens is 278 g/mol. The molecule has 0 saturated carbocycles. The molecule has 0 radical (unpaired) electrons. The lowest BCUT2D eigenvalue weighted by molar-refractivity contribution is -0.140. The molecule has 3 atom stereocenters. The molecule has 2 saturated heterocycles. The second-order valence-electron chi connectivity index (χ2n) is 7.37. The number of primary amides is 1. The predicted molar refractivity (Wildman–Crippen MR) is 87.0 cm³/mol. The first-order valence-corrected chi connectivity index (χ1v) is 8.25. The second-order valence-corrected chi connectivity index (χ2v) is 7.37. The van der Waals surface area contributed by atoms with Crippen LogP contribution in [0.3, 0.4) is 0 Å². The second kappa shape index (κ2) is 6.82. The van der Waals surface area contributed by atoms with Gasteiger partial charge in [-0.15, -0.1) is 0 Å². The Labute approximate surface area is 133 Å². The van der Waals surface area contributed by atoms with Crippen molar-refractivity contribution < 1.29 is 9.59 Å². The number of allylic oxidation sites excluding steroid dienone is 1. The Kier molecular flexibility index (Phi) is 5.27. The van der Waals surface area contributed by atoms with Crippen LogP contribution in [-0.4, -0.2) is 53.3 Å². The van der Waals surface area contributed by atoms with Gasteiger partial charge < -0.3 is 10.6 Å². The van der Waals surface area contributed by atoms with Crippen LogP contribution in [0.5, 0.6) is 0 Å². The van der Waals surface area contributed by atoms with Crippen molar-refractivity contribution in [3.8, 4) is 0 Å². The zero-order valence-corrected chi connectivity index (χ0v) is 14.2. The third kappa shape index (κ3) is 3.69. The molecule has 2 fully saturated rings. The van der Waals surface area contributed by atoms with Gasteiger partial charge in [-0.05, 0) is 32.6 Å². The molecule has 0 aromatic rings. The first-order valence-electron chi connectivity index (χ1n) is 8.25. The van der Waals surface area contributed by atoms with Crippen LogP contribution < -0.4 is 5.73 Å². The van der Waals surface area contributed by atoms with Gasteiger partial charge in [-0.25, -0.2) is 0 Å². The first kappa shape index (κ1) is 17.0. The van der Waals surface area contributed by atoms with Crippen LogP contribution in [0.4, 0.5) is 0 Å². The molecule has 2 amide bonds. The molecule has 0 spiro atoms. The minimum Gasteiger partial charge on any atom is -0.369 e. The van der Waals surface area contributed by atoms with Crippen molar-refractivity contribution in [3.05, 3.63) is 11.6 Å². The van der Waals surface area contributed by atoms with Crippen molar-refractivity contribution >= 4 is 11.8 Å². The molecule has 5 nitrogen and oxygen atoms in total.